The lowest BCUT2D eigenvalue weighted by Crippen LogP contribution is -3.00. The second-order valence-corrected chi connectivity index (χ2v) is 10.6. The molecule has 0 radical (unpaired) electrons. The molecule has 4 aromatic rings. The van der Waals surface area contributed by atoms with E-state index in [0.717, 1.165) is 0 Å². The molecule has 0 spiro atoms. The van der Waals surface area contributed by atoms with E-state index < -0.39 is 0 Å². The molecule has 0 bridgehead atoms. The number of hydrogen-bond acceptors (Lipinski definition) is 1. The van der Waals surface area contributed by atoms with Crippen LogP contribution in [0.4, 0.5) is 5.69 Å². The summed E-state index contributed by atoms with van der Waals surface area (Å²) in [5.41, 5.74) is 11.3. The van der Waals surface area contributed by atoms with Crippen LogP contribution in [0.15, 0.2) is 85.1 Å². The van der Waals surface area contributed by atoms with Gasteiger partial charge in [-0.05, 0) is 64.4 Å². The highest BCUT2D eigenvalue weighted by molar-refractivity contribution is 5.83. The van der Waals surface area contributed by atoms with Gasteiger partial charge < -0.3 is 28.9 Å². The fourth-order valence-corrected chi connectivity index (χ4v) is 4.40. The summed E-state index contributed by atoms with van der Waals surface area (Å²) in [5, 5.41) is 0. The number of rotatable bonds is 5. The maximum Gasteiger partial charge on any atom is 0.212 e. The van der Waals surface area contributed by atoms with E-state index >= 15 is 0 Å². The number of halogens is 1. The summed E-state index contributed by atoms with van der Waals surface area (Å²) in [6.07, 6.45) is 6.73. The summed E-state index contributed by atoms with van der Waals surface area (Å²) >= 11 is 0. The van der Waals surface area contributed by atoms with Gasteiger partial charge in [-0.2, -0.15) is 0 Å². The van der Waals surface area contributed by atoms with Gasteiger partial charge in [0.1, 0.15) is 7.05 Å². The smallest absolute Gasteiger partial charge is 0.212 e. The number of anilines is 1. The molecule has 0 aliphatic heterocycles. The summed E-state index contributed by atoms with van der Waals surface area (Å²) in [7, 11) is 6.28. The number of aryl methyl sites for hydroxylation is 2. The molecule has 0 aliphatic carbocycles. The van der Waals surface area contributed by atoms with Crippen LogP contribution in [0.5, 0.6) is 0 Å². The number of pyridine rings is 1. The molecule has 0 atom stereocenters. The summed E-state index contributed by atoms with van der Waals surface area (Å²) in [5.74, 6) is 0. The molecule has 0 N–H and O–H groups in total. The van der Waals surface area contributed by atoms with Gasteiger partial charge in [0.2, 0.25) is 5.69 Å². The SMILES string of the molecule is Cc1ccccc1-c1c[n+](C)c(-c2ccc(C(C)(C)C)cc2)cc1/C=C/c1ccc(N(C)C)cc1.[I-]. The third-order valence-corrected chi connectivity index (χ3v) is 6.65. The van der Waals surface area contributed by atoms with Crippen LogP contribution in [-0.4, -0.2) is 14.1 Å². The van der Waals surface area contributed by atoms with Crippen LogP contribution in [0.3, 0.4) is 0 Å². The lowest BCUT2D eigenvalue weighted by molar-refractivity contribution is -0.659. The Kier molecular flexibility index (Phi) is 8.78. The van der Waals surface area contributed by atoms with Crippen LogP contribution in [0.1, 0.15) is 43.0 Å². The Morgan fingerprint density at radius 1 is 0.778 bits per heavy atom. The molecule has 0 amide bonds. The van der Waals surface area contributed by atoms with Crippen molar-refractivity contribution >= 4 is 17.8 Å². The van der Waals surface area contributed by atoms with Crippen LogP contribution in [0.25, 0.3) is 34.5 Å². The average Bonchev–Trinajstić information content (AvgIpc) is 2.83. The summed E-state index contributed by atoms with van der Waals surface area (Å²) in [6, 6.07) is 28.6. The molecule has 0 aliphatic rings. The molecule has 1 aromatic heterocycles. The van der Waals surface area contributed by atoms with Crippen molar-refractivity contribution in [2.24, 2.45) is 7.05 Å². The van der Waals surface area contributed by atoms with Crippen molar-refractivity contribution in [3.8, 4) is 22.4 Å². The first-order valence-electron chi connectivity index (χ1n) is 12.3. The van der Waals surface area contributed by atoms with E-state index in [1.54, 1.807) is 0 Å². The van der Waals surface area contributed by atoms with E-state index in [-0.39, 0.29) is 29.4 Å². The first kappa shape index (κ1) is 27.7. The van der Waals surface area contributed by atoms with Crippen molar-refractivity contribution in [2.75, 3.05) is 19.0 Å². The molecule has 0 unspecified atom stereocenters. The van der Waals surface area contributed by atoms with Crippen molar-refractivity contribution in [1.82, 2.24) is 0 Å². The molecule has 0 fully saturated rings. The molecule has 2 nitrogen and oxygen atoms in total. The minimum atomic E-state index is 0. The maximum absolute atomic E-state index is 2.32. The number of aromatic nitrogens is 1. The standard InChI is InChI=1S/C33H37N2.HI/c1-24-10-8-9-11-30(24)31-23-35(7)32(26-16-18-28(19-17-26)33(2,3)4)22-27(31)15-12-25-13-20-29(21-14-25)34(5)6;/h8-23H,1-7H3;1H/q+1;/p-1. The van der Waals surface area contributed by atoms with Crippen LogP contribution < -0.4 is 33.4 Å². The Labute approximate surface area is 234 Å². The topological polar surface area (TPSA) is 7.12 Å². The second-order valence-electron chi connectivity index (χ2n) is 10.6. The van der Waals surface area contributed by atoms with Crippen molar-refractivity contribution in [3.63, 3.8) is 0 Å². The predicted molar refractivity (Wildman–Crippen MR) is 152 cm³/mol. The predicted octanol–water partition coefficient (Wildman–Crippen LogP) is 4.69. The fourth-order valence-electron chi connectivity index (χ4n) is 4.40. The lowest BCUT2D eigenvalue weighted by Gasteiger charge is -2.19. The Morgan fingerprint density at radius 3 is 2.00 bits per heavy atom. The van der Waals surface area contributed by atoms with Crippen LogP contribution in [0.2, 0.25) is 0 Å². The van der Waals surface area contributed by atoms with E-state index in [9.17, 15) is 0 Å². The minimum Gasteiger partial charge on any atom is -1.00 e. The van der Waals surface area contributed by atoms with Gasteiger partial charge in [-0.1, -0.05) is 81.5 Å². The summed E-state index contributed by atoms with van der Waals surface area (Å²) < 4.78 is 2.25. The van der Waals surface area contributed by atoms with E-state index in [0.29, 0.717) is 0 Å². The fraction of sp³-hybridized carbons (Fsp3) is 0.242. The van der Waals surface area contributed by atoms with E-state index in [4.69, 9.17) is 0 Å². The molecule has 0 saturated carbocycles. The highest BCUT2D eigenvalue weighted by Crippen LogP contribution is 2.31. The number of hydrogen-bond donors (Lipinski definition) is 0. The van der Waals surface area contributed by atoms with Gasteiger partial charge in [0.25, 0.3) is 0 Å². The molecule has 3 aromatic carbocycles. The highest BCUT2D eigenvalue weighted by Gasteiger charge is 2.18. The molecule has 36 heavy (non-hydrogen) atoms. The van der Waals surface area contributed by atoms with Gasteiger partial charge in [0, 0.05) is 31.4 Å². The zero-order chi connectivity index (χ0) is 25.2. The Hall–Kier alpha value is -2.92. The monoisotopic (exact) mass is 588 g/mol. The normalized spacial score (nSPS) is 11.4. The van der Waals surface area contributed by atoms with Gasteiger partial charge >= 0.3 is 0 Å². The van der Waals surface area contributed by atoms with E-state index in [2.05, 4.69) is 156 Å². The summed E-state index contributed by atoms with van der Waals surface area (Å²) in [6.45, 7) is 8.95. The molecular weight excluding hydrogens is 551 g/mol. The molecular formula is C33H37IN2. The molecule has 3 heteroatoms. The molecule has 1 heterocycles. The van der Waals surface area contributed by atoms with Gasteiger partial charge in [0.05, 0.1) is 5.56 Å². The first-order valence-corrected chi connectivity index (χ1v) is 12.3. The van der Waals surface area contributed by atoms with Crippen molar-refractivity contribution < 1.29 is 28.5 Å². The van der Waals surface area contributed by atoms with Gasteiger partial charge in [-0.3, -0.25) is 0 Å². The molecule has 0 saturated heterocycles. The Morgan fingerprint density at radius 2 is 1.42 bits per heavy atom. The Bertz CT molecular complexity index is 1340. The zero-order valence-electron chi connectivity index (χ0n) is 22.5. The van der Waals surface area contributed by atoms with Gasteiger partial charge in [-0.25, -0.2) is 4.57 Å². The summed E-state index contributed by atoms with van der Waals surface area (Å²) in [4.78, 5) is 2.12. The first-order chi connectivity index (χ1) is 16.6. The average molecular weight is 589 g/mol. The quantitative estimate of drug-likeness (QED) is 0.243. The third kappa shape index (κ3) is 6.25. The minimum absolute atomic E-state index is 0. The van der Waals surface area contributed by atoms with Crippen molar-refractivity contribution in [2.45, 2.75) is 33.1 Å². The van der Waals surface area contributed by atoms with Crippen molar-refractivity contribution in [3.05, 3.63) is 107 Å². The van der Waals surface area contributed by atoms with Crippen LogP contribution in [-0.2, 0) is 12.5 Å². The van der Waals surface area contributed by atoms with E-state index in [1.807, 2.05) is 0 Å². The molecule has 186 valence electrons. The van der Waals surface area contributed by atoms with Crippen molar-refractivity contribution in [1.29, 1.82) is 0 Å². The molecule has 4 rings (SSSR count). The van der Waals surface area contributed by atoms with Crippen LogP contribution >= 0.6 is 0 Å². The van der Waals surface area contributed by atoms with Crippen LogP contribution in [0, 0.1) is 6.92 Å². The number of benzene rings is 3. The largest absolute Gasteiger partial charge is 1.00 e. The lowest BCUT2D eigenvalue weighted by atomic mass is 9.86. The van der Waals surface area contributed by atoms with E-state index in [1.165, 1.54) is 50.3 Å². The number of nitrogens with zero attached hydrogens (tertiary/aromatic N) is 2. The van der Waals surface area contributed by atoms with Gasteiger partial charge in [0.15, 0.2) is 6.20 Å². The van der Waals surface area contributed by atoms with Gasteiger partial charge in [-0.15, -0.1) is 0 Å². The maximum atomic E-state index is 2.32. The highest BCUT2D eigenvalue weighted by atomic mass is 127. The second kappa shape index (κ2) is 11.4. The zero-order valence-corrected chi connectivity index (χ0v) is 24.7. The third-order valence-electron chi connectivity index (χ3n) is 6.65. The Balaban J connectivity index is 0.00000361.